The number of ether oxygens (including phenoxy) is 2. The van der Waals surface area contributed by atoms with E-state index < -0.39 is 11.6 Å². The highest BCUT2D eigenvalue weighted by molar-refractivity contribution is 5.34. The summed E-state index contributed by atoms with van der Waals surface area (Å²) >= 11 is 0. The molecule has 190 valence electrons. The van der Waals surface area contributed by atoms with E-state index in [1.54, 1.807) is 24.3 Å². The number of allylic oxidation sites excluding steroid dienone is 2. The van der Waals surface area contributed by atoms with Gasteiger partial charge in [-0.25, -0.2) is 8.78 Å². The molecule has 2 aromatic carbocycles. The van der Waals surface area contributed by atoms with E-state index in [4.69, 9.17) is 9.47 Å². The lowest BCUT2D eigenvalue weighted by Crippen LogP contribution is -2.20. The van der Waals surface area contributed by atoms with Gasteiger partial charge in [0, 0.05) is 0 Å². The van der Waals surface area contributed by atoms with Crippen molar-refractivity contribution in [3.8, 4) is 11.5 Å². The molecule has 0 saturated heterocycles. The first kappa shape index (κ1) is 25.7. The molecule has 5 heteroatoms. The average molecular weight is 487 g/mol. The summed E-state index contributed by atoms with van der Waals surface area (Å²) in [4.78, 5) is 0. The van der Waals surface area contributed by atoms with Crippen molar-refractivity contribution in [3.63, 3.8) is 0 Å². The molecule has 2 fully saturated rings. The quantitative estimate of drug-likeness (QED) is 0.347. The van der Waals surface area contributed by atoms with E-state index in [-0.39, 0.29) is 23.4 Å². The van der Waals surface area contributed by atoms with Crippen LogP contribution >= 0.6 is 0 Å². The Morgan fingerprint density at radius 2 is 1.49 bits per heavy atom. The van der Waals surface area contributed by atoms with E-state index in [0.717, 1.165) is 56.9 Å². The maximum absolute atomic E-state index is 14.9. The zero-order chi connectivity index (χ0) is 24.8. The lowest BCUT2D eigenvalue weighted by atomic mass is 9.78. The van der Waals surface area contributed by atoms with Gasteiger partial charge in [-0.3, -0.25) is 0 Å². The monoisotopic (exact) mass is 486 g/mol. The summed E-state index contributed by atoms with van der Waals surface area (Å²) in [7, 11) is 0. The van der Waals surface area contributed by atoms with Crippen molar-refractivity contribution in [1.82, 2.24) is 0 Å². The van der Waals surface area contributed by atoms with Crippen molar-refractivity contribution in [1.29, 1.82) is 0 Å². The summed E-state index contributed by atoms with van der Waals surface area (Å²) in [5, 5.41) is 0. The fraction of sp³-hybridized carbons (Fsp3) is 0.533. The Morgan fingerprint density at radius 3 is 2.14 bits per heavy atom. The zero-order valence-electron chi connectivity index (χ0n) is 20.9. The molecule has 0 spiro atoms. The molecule has 35 heavy (non-hydrogen) atoms. The first-order chi connectivity index (χ1) is 17.0. The molecular weight excluding hydrogens is 449 g/mol. The maximum atomic E-state index is 14.9. The second-order valence-electron chi connectivity index (χ2n) is 10.1. The van der Waals surface area contributed by atoms with Crippen LogP contribution in [0.1, 0.15) is 88.2 Å². The highest BCUT2D eigenvalue weighted by Crippen LogP contribution is 2.40. The van der Waals surface area contributed by atoms with E-state index >= 15 is 0 Å². The van der Waals surface area contributed by atoms with E-state index in [2.05, 4.69) is 12.2 Å². The van der Waals surface area contributed by atoms with Gasteiger partial charge in [0.05, 0.1) is 13.2 Å². The van der Waals surface area contributed by atoms with Gasteiger partial charge in [0.1, 0.15) is 0 Å². The third-order valence-electron chi connectivity index (χ3n) is 7.80. The van der Waals surface area contributed by atoms with Crippen LogP contribution in [0.15, 0.2) is 42.5 Å². The molecule has 2 aliphatic rings. The van der Waals surface area contributed by atoms with Crippen molar-refractivity contribution in [2.24, 2.45) is 11.8 Å². The van der Waals surface area contributed by atoms with Gasteiger partial charge in [-0.2, -0.15) is 4.39 Å². The Balaban J connectivity index is 1.29. The summed E-state index contributed by atoms with van der Waals surface area (Å²) < 4.78 is 55.0. The standard InChI is InChI=1S/C30H37F3O2/c1-3-5-20-6-12-23(13-7-20)25-15-17-28(30(33)29(25)32)35-19-21-8-10-22(11-9-21)24-14-16-27(34-4-2)26(31)18-24/h3,5,14-18,20-23H,4,6-13,19H2,1-2H3. The Kier molecular flexibility index (Phi) is 8.80. The lowest BCUT2D eigenvalue weighted by molar-refractivity contribution is 0.192. The minimum absolute atomic E-state index is 0.00422. The molecule has 0 heterocycles. The first-order valence-electron chi connectivity index (χ1n) is 13.2. The van der Waals surface area contributed by atoms with Crippen LogP contribution in [0, 0.1) is 29.3 Å². The van der Waals surface area contributed by atoms with Crippen LogP contribution in [0.2, 0.25) is 0 Å². The van der Waals surface area contributed by atoms with Crippen molar-refractivity contribution in [3.05, 3.63) is 71.1 Å². The highest BCUT2D eigenvalue weighted by Gasteiger charge is 2.27. The summed E-state index contributed by atoms with van der Waals surface area (Å²) in [6.45, 7) is 4.66. The summed E-state index contributed by atoms with van der Waals surface area (Å²) in [5.41, 5.74) is 1.48. The summed E-state index contributed by atoms with van der Waals surface area (Å²) in [6.07, 6.45) is 11.8. The molecule has 2 nitrogen and oxygen atoms in total. The molecule has 2 aliphatic carbocycles. The topological polar surface area (TPSA) is 18.5 Å². The Hall–Kier alpha value is -2.43. The van der Waals surface area contributed by atoms with Crippen LogP contribution in [0.5, 0.6) is 11.5 Å². The summed E-state index contributed by atoms with van der Waals surface area (Å²) in [6, 6.07) is 8.55. The fourth-order valence-corrected chi connectivity index (χ4v) is 5.78. The van der Waals surface area contributed by atoms with E-state index in [0.29, 0.717) is 36.4 Å². The SMILES string of the molecule is CC=CC1CCC(c2ccc(OCC3CCC(c4ccc(OCC)c(F)c4)CC3)c(F)c2F)CC1. The normalized spacial score (nSPS) is 25.1. The average Bonchev–Trinajstić information content (AvgIpc) is 2.87. The molecular formula is C30H37F3O2. The predicted octanol–water partition coefficient (Wildman–Crippen LogP) is 8.71. The minimum Gasteiger partial charge on any atom is -0.491 e. The van der Waals surface area contributed by atoms with Crippen LogP contribution in [0.3, 0.4) is 0 Å². The van der Waals surface area contributed by atoms with Crippen molar-refractivity contribution in [2.75, 3.05) is 13.2 Å². The van der Waals surface area contributed by atoms with E-state index in [1.165, 1.54) is 0 Å². The predicted molar refractivity (Wildman–Crippen MR) is 134 cm³/mol. The van der Waals surface area contributed by atoms with Crippen LogP contribution < -0.4 is 9.47 Å². The lowest BCUT2D eigenvalue weighted by Gasteiger charge is -2.29. The maximum Gasteiger partial charge on any atom is 0.200 e. The molecule has 0 radical (unpaired) electrons. The van der Waals surface area contributed by atoms with Gasteiger partial charge in [-0.1, -0.05) is 24.3 Å². The molecule has 4 rings (SSSR count). The van der Waals surface area contributed by atoms with Crippen LogP contribution in [0.25, 0.3) is 0 Å². The van der Waals surface area contributed by atoms with Crippen LogP contribution in [-0.4, -0.2) is 13.2 Å². The van der Waals surface area contributed by atoms with Gasteiger partial charge in [-0.15, -0.1) is 0 Å². The molecule has 0 bridgehead atoms. The molecule has 2 aromatic rings. The van der Waals surface area contributed by atoms with E-state index in [9.17, 15) is 13.2 Å². The molecule has 0 amide bonds. The largest absolute Gasteiger partial charge is 0.491 e. The van der Waals surface area contributed by atoms with Gasteiger partial charge in [-0.05, 0) is 118 Å². The van der Waals surface area contributed by atoms with Gasteiger partial charge in [0.2, 0.25) is 5.82 Å². The third-order valence-corrected chi connectivity index (χ3v) is 7.80. The minimum atomic E-state index is -0.864. The number of hydrogen-bond acceptors (Lipinski definition) is 2. The molecule has 0 N–H and O–H groups in total. The molecule has 0 aliphatic heterocycles. The third kappa shape index (κ3) is 6.23. The number of halogens is 3. The van der Waals surface area contributed by atoms with Gasteiger partial charge >= 0.3 is 0 Å². The van der Waals surface area contributed by atoms with Gasteiger partial charge < -0.3 is 9.47 Å². The highest BCUT2D eigenvalue weighted by atomic mass is 19.2. The molecule has 0 atom stereocenters. The van der Waals surface area contributed by atoms with Gasteiger partial charge in [0.15, 0.2) is 23.1 Å². The zero-order valence-corrected chi connectivity index (χ0v) is 20.9. The second kappa shape index (κ2) is 12.0. The van der Waals surface area contributed by atoms with Crippen molar-refractivity contribution in [2.45, 2.75) is 77.0 Å². The fourth-order valence-electron chi connectivity index (χ4n) is 5.78. The summed E-state index contributed by atoms with van der Waals surface area (Å²) in [5.74, 6) is -0.435. The van der Waals surface area contributed by atoms with Gasteiger partial charge in [0.25, 0.3) is 0 Å². The smallest absolute Gasteiger partial charge is 0.200 e. The molecule has 2 saturated carbocycles. The van der Waals surface area contributed by atoms with Crippen LogP contribution in [0.4, 0.5) is 13.2 Å². The Morgan fingerprint density at radius 1 is 0.800 bits per heavy atom. The first-order valence-corrected chi connectivity index (χ1v) is 13.2. The molecule has 0 aromatic heterocycles. The molecule has 0 unspecified atom stereocenters. The van der Waals surface area contributed by atoms with Crippen molar-refractivity contribution >= 4 is 0 Å². The number of hydrogen-bond donors (Lipinski definition) is 0. The van der Waals surface area contributed by atoms with Crippen molar-refractivity contribution < 1.29 is 22.6 Å². The number of rotatable bonds is 8. The Labute approximate surface area is 207 Å². The Bertz CT molecular complexity index is 1000. The van der Waals surface area contributed by atoms with Crippen LogP contribution in [-0.2, 0) is 0 Å². The second-order valence-corrected chi connectivity index (χ2v) is 10.1. The number of benzene rings is 2. The van der Waals surface area contributed by atoms with E-state index in [1.807, 2.05) is 19.9 Å².